The van der Waals surface area contributed by atoms with Crippen LogP contribution in [-0.2, 0) is 4.74 Å². The van der Waals surface area contributed by atoms with Crippen LogP contribution < -0.4 is 10.6 Å². The van der Waals surface area contributed by atoms with Crippen molar-refractivity contribution in [3.63, 3.8) is 0 Å². The molecule has 106 valence electrons. The molecule has 1 aromatic rings. The van der Waals surface area contributed by atoms with E-state index >= 15 is 0 Å². The molecule has 0 aliphatic heterocycles. The largest absolute Gasteiger partial charge is 0.386 e. The lowest BCUT2D eigenvalue weighted by Gasteiger charge is -2.22. The Morgan fingerprint density at radius 1 is 1.47 bits per heavy atom. The summed E-state index contributed by atoms with van der Waals surface area (Å²) in [4.78, 5) is 16.3. The Labute approximate surface area is 114 Å². The predicted octanol–water partition coefficient (Wildman–Crippen LogP) is 1.91. The van der Waals surface area contributed by atoms with E-state index in [0.29, 0.717) is 24.7 Å². The SMILES string of the molecule is CCOCC(NC(=O)c1ccncc1NC)C(C)C. The van der Waals surface area contributed by atoms with Crippen molar-refractivity contribution in [2.75, 3.05) is 25.6 Å². The van der Waals surface area contributed by atoms with E-state index in [1.807, 2.05) is 6.92 Å². The molecule has 0 saturated heterocycles. The van der Waals surface area contributed by atoms with Crippen molar-refractivity contribution >= 4 is 11.6 Å². The standard InChI is InChI=1S/C14H23N3O2/c1-5-19-9-13(10(2)3)17-14(18)11-6-7-16-8-12(11)15-4/h6-8,10,13,15H,5,9H2,1-4H3,(H,17,18). The Balaban J connectivity index is 2.76. The Bertz CT molecular complexity index is 407. The molecule has 5 heteroatoms. The molecule has 0 aromatic carbocycles. The van der Waals surface area contributed by atoms with Crippen LogP contribution in [-0.4, -0.2) is 37.2 Å². The maximum absolute atomic E-state index is 12.3. The summed E-state index contributed by atoms with van der Waals surface area (Å²) in [7, 11) is 1.77. The lowest BCUT2D eigenvalue weighted by molar-refractivity contribution is 0.0807. The number of amides is 1. The zero-order chi connectivity index (χ0) is 14.3. The van der Waals surface area contributed by atoms with Gasteiger partial charge in [0.25, 0.3) is 5.91 Å². The third kappa shape index (κ3) is 4.52. The zero-order valence-corrected chi connectivity index (χ0v) is 12.1. The van der Waals surface area contributed by atoms with Crippen LogP contribution in [0.3, 0.4) is 0 Å². The number of carbonyl (C=O) groups is 1. The molecule has 0 radical (unpaired) electrons. The molecule has 1 heterocycles. The van der Waals surface area contributed by atoms with Gasteiger partial charge in [0, 0.05) is 19.9 Å². The van der Waals surface area contributed by atoms with Crippen LogP contribution in [0.1, 0.15) is 31.1 Å². The number of hydrogen-bond acceptors (Lipinski definition) is 4. The fourth-order valence-electron chi connectivity index (χ4n) is 1.68. The summed E-state index contributed by atoms with van der Waals surface area (Å²) in [6.07, 6.45) is 3.25. The minimum absolute atomic E-state index is 0.00493. The van der Waals surface area contributed by atoms with Crippen LogP contribution in [0.25, 0.3) is 0 Å². The normalized spacial score (nSPS) is 12.3. The second-order valence-corrected chi connectivity index (χ2v) is 4.65. The third-order valence-electron chi connectivity index (χ3n) is 2.96. The van der Waals surface area contributed by atoms with Crippen molar-refractivity contribution < 1.29 is 9.53 Å². The molecule has 0 aliphatic carbocycles. The minimum Gasteiger partial charge on any atom is -0.386 e. The first kappa shape index (κ1) is 15.4. The average molecular weight is 265 g/mol. The number of pyridine rings is 1. The van der Waals surface area contributed by atoms with E-state index in [0.717, 1.165) is 5.69 Å². The molecule has 0 bridgehead atoms. The van der Waals surface area contributed by atoms with Crippen LogP contribution in [0.4, 0.5) is 5.69 Å². The first-order valence-corrected chi connectivity index (χ1v) is 6.60. The van der Waals surface area contributed by atoms with E-state index in [1.165, 1.54) is 0 Å². The van der Waals surface area contributed by atoms with Crippen LogP contribution in [0.15, 0.2) is 18.5 Å². The highest BCUT2D eigenvalue weighted by Crippen LogP contribution is 2.13. The topological polar surface area (TPSA) is 63.2 Å². The maximum Gasteiger partial charge on any atom is 0.253 e. The summed E-state index contributed by atoms with van der Waals surface area (Å²) in [5.74, 6) is 0.209. The number of ether oxygens (including phenoxy) is 1. The molecule has 5 nitrogen and oxygen atoms in total. The molecule has 0 aliphatic rings. The molecule has 1 atom stereocenters. The van der Waals surface area contributed by atoms with E-state index in [1.54, 1.807) is 25.5 Å². The zero-order valence-electron chi connectivity index (χ0n) is 12.1. The molecule has 0 saturated carbocycles. The molecule has 1 unspecified atom stereocenters. The summed E-state index contributed by atoms with van der Waals surface area (Å²) < 4.78 is 5.41. The van der Waals surface area contributed by atoms with Crippen LogP contribution in [0.2, 0.25) is 0 Å². The van der Waals surface area contributed by atoms with Crippen molar-refractivity contribution in [2.45, 2.75) is 26.8 Å². The fraction of sp³-hybridized carbons (Fsp3) is 0.571. The van der Waals surface area contributed by atoms with Crippen molar-refractivity contribution in [3.05, 3.63) is 24.0 Å². The number of aromatic nitrogens is 1. The highest BCUT2D eigenvalue weighted by molar-refractivity contribution is 5.99. The first-order chi connectivity index (χ1) is 9.10. The van der Waals surface area contributed by atoms with Gasteiger partial charge in [0.15, 0.2) is 0 Å². The minimum atomic E-state index is -0.106. The molecule has 0 fully saturated rings. The monoisotopic (exact) mass is 265 g/mol. The van der Waals surface area contributed by atoms with Gasteiger partial charge in [-0.1, -0.05) is 13.8 Å². The summed E-state index contributed by atoms with van der Waals surface area (Å²) in [5.41, 5.74) is 1.32. The van der Waals surface area contributed by atoms with Crippen molar-refractivity contribution in [1.82, 2.24) is 10.3 Å². The highest BCUT2D eigenvalue weighted by atomic mass is 16.5. The van der Waals surface area contributed by atoms with Crippen molar-refractivity contribution in [1.29, 1.82) is 0 Å². The van der Waals surface area contributed by atoms with Gasteiger partial charge in [0.2, 0.25) is 0 Å². The predicted molar refractivity (Wildman–Crippen MR) is 76.4 cm³/mol. The molecule has 1 amide bonds. The summed E-state index contributed by atoms with van der Waals surface area (Å²) in [5, 5.41) is 5.98. The number of anilines is 1. The molecular formula is C14H23N3O2. The number of nitrogens with zero attached hydrogens (tertiary/aromatic N) is 1. The van der Waals surface area contributed by atoms with E-state index in [2.05, 4.69) is 29.5 Å². The Morgan fingerprint density at radius 3 is 2.79 bits per heavy atom. The number of hydrogen-bond donors (Lipinski definition) is 2. The smallest absolute Gasteiger partial charge is 0.253 e. The lowest BCUT2D eigenvalue weighted by atomic mass is 10.0. The fourth-order valence-corrected chi connectivity index (χ4v) is 1.68. The summed E-state index contributed by atoms with van der Waals surface area (Å²) in [6.45, 7) is 7.25. The van der Waals surface area contributed by atoms with Gasteiger partial charge in [-0.05, 0) is 18.9 Å². The second kappa shape index (κ2) is 7.74. The van der Waals surface area contributed by atoms with E-state index in [4.69, 9.17) is 4.74 Å². The van der Waals surface area contributed by atoms with Gasteiger partial charge in [-0.3, -0.25) is 9.78 Å². The lowest BCUT2D eigenvalue weighted by Crippen LogP contribution is -2.42. The molecule has 1 rings (SSSR count). The Kier molecular flexibility index (Phi) is 6.29. The molecule has 0 spiro atoms. The molecule has 1 aromatic heterocycles. The van der Waals surface area contributed by atoms with Crippen molar-refractivity contribution in [2.24, 2.45) is 5.92 Å². The van der Waals surface area contributed by atoms with Gasteiger partial charge in [0.1, 0.15) is 0 Å². The van der Waals surface area contributed by atoms with E-state index in [-0.39, 0.29) is 11.9 Å². The number of carbonyl (C=O) groups excluding carboxylic acids is 1. The third-order valence-corrected chi connectivity index (χ3v) is 2.96. The maximum atomic E-state index is 12.3. The molecule has 2 N–H and O–H groups in total. The van der Waals surface area contributed by atoms with Crippen molar-refractivity contribution in [3.8, 4) is 0 Å². The second-order valence-electron chi connectivity index (χ2n) is 4.65. The van der Waals surface area contributed by atoms with Crippen LogP contribution in [0.5, 0.6) is 0 Å². The van der Waals surface area contributed by atoms with E-state index < -0.39 is 0 Å². The van der Waals surface area contributed by atoms with Gasteiger partial charge in [-0.2, -0.15) is 0 Å². The van der Waals surface area contributed by atoms with Crippen LogP contribution >= 0.6 is 0 Å². The van der Waals surface area contributed by atoms with Gasteiger partial charge in [0.05, 0.1) is 30.1 Å². The summed E-state index contributed by atoms with van der Waals surface area (Å²) >= 11 is 0. The van der Waals surface area contributed by atoms with Gasteiger partial charge >= 0.3 is 0 Å². The van der Waals surface area contributed by atoms with E-state index in [9.17, 15) is 4.79 Å². The number of nitrogens with one attached hydrogen (secondary N) is 2. The average Bonchev–Trinajstić information content (AvgIpc) is 2.42. The first-order valence-electron chi connectivity index (χ1n) is 6.60. The Morgan fingerprint density at radius 2 is 2.21 bits per heavy atom. The molecule has 19 heavy (non-hydrogen) atoms. The van der Waals surface area contributed by atoms with Crippen LogP contribution in [0, 0.1) is 5.92 Å². The van der Waals surface area contributed by atoms with Gasteiger partial charge < -0.3 is 15.4 Å². The van der Waals surface area contributed by atoms with Gasteiger partial charge in [-0.25, -0.2) is 0 Å². The highest BCUT2D eigenvalue weighted by Gasteiger charge is 2.18. The van der Waals surface area contributed by atoms with Gasteiger partial charge in [-0.15, -0.1) is 0 Å². The Hall–Kier alpha value is -1.62. The summed E-state index contributed by atoms with van der Waals surface area (Å²) in [6, 6.07) is 1.71. The quantitative estimate of drug-likeness (QED) is 0.790. The number of rotatable bonds is 7. The molecular weight excluding hydrogens is 242 g/mol.